The third-order valence-corrected chi connectivity index (χ3v) is 10.4. The van der Waals surface area contributed by atoms with E-state index < -0.39 is 50.1 Å². The Morgan fingerprint density at radius 3 is 2.27 bits per heavy atom. The number of anilines is 1. The van der Waals surface area contributed by atoms with Gasteiger partial charge in [-0.05, 0) is 49.9 Å². The van der Waals surface area contributed by atoms with Crippen molar-refractivity contribution in [3.8, 4) is 0 Å². The number of amides is 2. The number of sulfone groups is 1. The van der Waals surface area contributed by atoms with Crippen molar-refractivity contribution in [2.24, 2.45) is 17.6 Å². The lowest BCUT2D eigenvalue weighted by Gasteiger charge is -2.45. The molecule has 3 N–H and O–H groups in total. The highest BCUT2D eigenvalue weighted by Crippen LogP contribution is 2.58. The van der Waals surface area contributed by atoms with Crippen LogP contribution in [0.15, 0.2) is 59.8 Å². The summed E-state index contributed by atoms with van der Waals surface area (Å²) in [5, 5.41) is 1.21. The monoisotopic (exact) mass is 593 g/mol. The van der Waals surface area contributed by atoms with Crippen molar-refractivity contribution in [1.82, 2.24) is 4.98 Å². The van der Waals surface area contributed by atoms with Gasteiger partial charge < -0.3 is 15.8 Å². The van der Waals surface area contributed by atoms with Gasteiger partial charge in [-0.1, -0.05) is 17.7 Å². The van der Waals surface area contributed by atoms with E-state index in [9.17, 15) is 31.2 Å². The molecule has 2 atom stereocenters. The molecule has 3 aromatic rings. The van der Waals surface area contributed by atoms with Crippen molar-refractivity contribution >= 4 is 39.1 Å². The summed E-state index contributed by atoms with van der Waals surface area (Å²) in [6, 6.07) is 8.26. The SMILES string of the molecule is NC(=O)OC1(c2cccnc2)C2CCC1CC(S(=O)(=O)c1cc(C(=O)Nc3cc(F)c(F)c(F)c3)ccc1Cl)C2. The third-order valence-electron chi connectivity index (χ3n) is 7.73. The number of aromatic nitrogens is 1. The van der Waals surface area contributed by atoms with E-state index >= 15 is 0 Å². The fourth-order valence-electron chi connectivity index (χ4n) is 6.07. The van der Waals surface area contributed by atoms with Crippen LogP contribution < -0.4 is 11.1 Å². The third kappa shape index (κ3) is 4.79. The molecule has 2 saturated carbocycles. The van der Waals surface area contributed by atoms with Crippen LogP contribution in [0.2, 0.25) is 5.02 Å². The summed E-state index contributed by atoms with van der Waals surface area (Å²) in [6.45, 7) is 0. The van der Waals surface area contributed by atoms with E-state index in [0.29, 0.717) is 30.5 Å². The molecule has 1 aromatic heterocycles. The molecule has 2 amide bonds. The minimum atomic E-state index is -4.10. The number of pyridine rings is 1. The predicted octanol–water partition coefficient (Wildman–Crippen LogP) is 5.36. The number of fused-ring (bicyclic) bond motifs is 2. The van der Waals surface area contributed by atoms with Gasteiger partial charge in [0, 0.05) is 53.2 Å². The van der Waals surface area contributed by atoms with Gasteiger partial charge in [0.25, 0.3) is 5.91 Å². The molecule has 2 aliphatic rings. The van der Waals surface area contributed by atoms with E-state index in [0.717, 1.165) is 6.07 Å². The summed E-state index contributed by atoms with van der Waals surface area (Å²) in [7, 11) is -4.10. The van der Waals surface area contributed by atoms with Gasteiger partial charge in [0.15, 0.2) is 27.3 Å². The maximum absolute atomic E-state index is 13.9. The molecule has 210 valence electrons. The highest BCUT2D eigenvalue weighted by Gasteiger charge is 2.60. The van der Waals surface area contributed by atoms with E-state index in [-0.39, 0.29) is 45.8 Å². The molecule has 0 spiro atoms. The summed E-state index contributed by atoms with van der Waals surface area (Å²) in [5.74, 6) is -6.29. The lowest BCUT2D eigenvalue weighted by molar-refractivity contribution is -0.0717. The number of hydrogen-bond acceptors (Lipinski definition) is 6. The largest absolute Gasteiger partial charge is 0.438 e. The highest BCUT2D eigenvalue weighted by atomic mass is 35.5. The van der Waals surface area contributed by atoms with Gasteiger partial charge in [-0.25, -0.2) is 26.4 Å². The summed E-state index contributed by atoms with van der Waals surface area (Å²) in [5.41, 5.74) is 4.47. The number of nitrogens with one attached hydrogen (secondary N) is 1. The average molecular weight is 594 g/mol. The zero-order chi connectivity index (χ0) is 28.8. The van der Waals surface area contributed by atoms with Crippen LogP contribution in [0, 0.1) is 29.3 Å². The van der Waals surface area contributed by atoms with Crippen molar-refractivity contribution in [3.63, 3.8) is 0 Å². The van der Waals surface area contributed by atoms with Gasteiger partial charge in [0.1, 0.15) is 5.60 Å². The first-order valence-electron chi connectivity index (χ1n) is 12.3. The number of ether oxygens (including phenoxy) is 1. The van der Waals surface area contributed by atoms with Crippen molar-refractivity contribution in [2.45, 2.75) is 41.4 Å². The van der Waals surface area contributed by atoms with Gasteiger partial charge in [0.2, 0.25) is 0 Å². The Labute approximate surface area is 232 Å². The number of benzene rings is 2. The number of rotatable bonds is 6. The van der Waals surface area contributed by atoms with Gasteiger partial charge in [-0.2, -0.15) is 0 Å². The molecule has 8 nitrogen and oxygen atoms in total. The van der Waals surface area contributed by atoms with Crippen LogP contribution in [0.4, 0.5) is 23.7 Å². The van der Waals surface area contributed by atoms with Crippen LogP contribution in [-0.2, 0) is 20.2 Å². The van der Waals surface area contributed by atoms with Gasteiger partial charge in [0.05, 0.1) is 15.2 Å². The van der Waals surface area contributed by atoms with Crippen molar-refractivity contribution in [1.29, 1.82) is 0 Å². The first-order chi connectivity index (χ1) is 18.9. The fraction of sp³-hybridized carbons (Fsp3) is 0.296. The van der Waals surface area contributed by atoms with E-state index in [1.807, 2.05) is 0 Å². The predicted molar refractivity (Wildman–Crippen MR) is 139 cm³/mol. The molecular formula is C27H23ClF3N3O5S. The fourth-order valence-corrected chi connectivity index (χ4v) is 8.47. The van der Waals surface area contributed by atoms with E-state index in [2.05, 4.69) is 10.3 Å². The zero-order valence-electron chi connectivity index (χ0n) is 20.7. The summed E-state index contributed by atoms with van der Waals surface area (Å²) in [6.07, 6.45) is 3.67. The molecule has 2 fully saturated rings. The first kappa shape index (κ1) is 27.9. The second-order valence-corrected chi connectivity index (χ2v) is 12.5. The Bertz CT molecular complexity index is 1570. The van der Waals surface area contributed by atoms with E-state index in [4.69, 9.17) is 22.1 Å². The molecule has 5 rings (SSSR count). The standard InChI is InChI=1S/C27H23ClF3N3O5S/c28-20-6-3-14(25(35)34-18-11-21(29)24(31)22(30)12-18)8-23(20)40(37,38)19-9-15-4-5-16(10-19)27(15,39-26(32)36)17-2-1-7-33-13-17/h1-3,6-8,11-13,15-16,19H,4-5,9-10H2,(H2,32,36)(H,34,35). The first-order valence-corrected chi connectivity index (χ1v) is 14.2. The summed E-state index contributed by atoms with van der Waals surface area (Å²) < 4.78 is 73.8. The number of primary amides is 1. The second kappa shape index (κ2) is 10.4. The molecule has 0 saturated heterocycles. The quantitative estimate of drug-likeness (QED) is 0.370. The molecule has 40 heavy (non-hydrogen) atoms. The van der Waals surface area contributed by atoms with E-state index in [1.54, 1.807) is 24.5 Å². The molecule has 2 unspecified atom stereocenters. The normalized spacial score (nSPS) is 23.9. The Morgan fingerprint density at radius 1 is 1.05 bits per heavy atom. The van der Waals surface area contributed by atoms with Crippen molar-refractivity contribution in [3.05, 3.63) is 88.5 Å². The molecule has 2 aromatic carbocycles. The number of nitrogens with two attached hydrogens (primary N) is 1. The van der Waals surface area contributed by atoms with Crippen LogP contribution in [-0.4, -0.2) is 30.7 Å². The smallest absolute Gasteiger partial charge is 0.405 e. The number of carbonyl (C=O) groups excluding carboxylic acids is 2. The molecule has 1 heterocycles. The Kier molecular flexibility index (Phi) is 7.26. The molecule has 13 heteroatoms. The highest BCUT2D eigenvalue weighted by molar-refractivity contribution is 7.92. The summed E-state index contributed by atoms with van der Waals surface area (Å²) in [4.78, 5) is 28.6. The maximum atomic E-state index is 13.9. The van der Waals surface area contributed by atoms with Crippen LogP contribution in [0.3, 0.4) is 0 Å². The van der Waals surface area contributed by atoms with Crippen LogP contribution in [0.5, 0.6) is 0 Å². The number of hydrogen-bond donors (Lipinski definition) is 2. The number of carbonyl (C=O) groups is 2. The van der Waals surface area contributed by atoms with Gasteiger partial charge in [-0.3, -0.25) is 9.78 Å². The topological polar surface area (TPSA) is 128 Å². The van der Waals surface area contributed by atoms with Crippen LogP contribution >= 0.6 is 11.6 Å². The van der Waals surface area contributed by atoms with Gasteiger partial charge >= 0.3 is 6.09 Å². The average Bonchev–Trinajstić information content (AvgIpc) is 3.08. The lowest BCUT2D eigenvalue weighted by Crippen LogP contribution is -2.49. The Hall–Kier alpha value is -3.64. The maximum Gasteiger partial charge on any atom is 0.405 e. The number of halogens is 4. The van der Waals surface area contributed by atoms with E-state index in [1.165, 1.54) is 12.1 Å². The van der Waals surface area contributed by atoms with Crippen molar-refractivity contribution in [2.75, 3.05) is 5.32 Å². The minimum absolute atomic E-state index is 0.111. The van der Waals surface area contributed by atoms with Crippen LogP contribution in [0.1, 0.15) is 41.6 Å². The second-order valence-electron chi connectivity index (χ2n) is 9.92. The molecule has 0 radical (unpaired) electrons. The van der Waals surface area contributed by atoms with Crippen molar-refractivity contribution < 1.29 is 35.9 Å². The van der Waals surface area contributed by atoms with Crippen LogP contribution in [0.25, 0.3) is 0 Å². The Morgan fingerprint density at radius 2 is 1.70 bits per heavy atom. The Balaban J connectivity index is 1.44. The molecule has 0 aliphatic heterocycles. The molecular weight excluding hydrogens is 571 g/mol. The van der Waals surface area contributed by atoms with Gasteiger partial charge in [-0.15, -0.1) is 0 Å². The summed E-state index contributed by atoms with van der Waals surface area (Å²) >= 11 is 6.29. The molecule has 2 aliphatic carbocycles. The molecule has 2 bridgehead atoms. The number of nitrogens with zero attached hydrogens (tertiary/aromatic N) is 1. The minimum Gasteiger partial charge on any atom is -0.438 e. The lowest BCUT2D eigenvalue weighted by atomic mass is 9.70. The zero-order valence-corrected chi connectivity index (χ0v) is 22.3.